The normalized spacial score (nSPS) is 15.3. The zero-order valence-electron chi connectivity index (χ0n) is 13.0. The summed E-state index contributed by atoms with van der Waals surface area (Å²) in [6.45, 7) is -0.0954. The quantitative estimate of drug-likeness (QED) is 0.791. The summed E-state index contributed by atoms with van der Waals surface area (Å²) in [5.41, 5.74) is 2.19. The minimum atomic E-state index is -0.938. The van der Waals surface area contributed by atoms with Crippen LogP contribution in [0.5, 0.6) is 5.75 Å². The zero-order valence-corrected chi connectivity index (χ0v) is 13.0. The average molecular weight is 326 g/mol. The number of ether oxygens (including phenoxy) is 1. The van der Waals surface area contributed by atoms with Crippen molar-refractivity contribution in [3.8, 4) is 16.9 Å². The van der Waals surface area contributed by atoms with Crippen molar-refractivity contribution in [3.63, 3.8) is 0 Å². The summed E-state index contributed by atoms with van der Waals surface area (Å²) in [5.74, 6) is 0.275. The summed E-state index contributed by atoms with van der Waals surface area (Å²) in [7, 11) is 0. The van der Waals surface area contributed by atoms with Gasteiger partial charge >= 0.3 is 6.03 Å². The fourth-order valence-corrected chi connectivity index (χ4v) is 2.47. The molecule has 1 aliphatic heterocycles. The van der Waals surface area contributed by atoms with Gasteiger partial charge in [-0.3, -0.25) is 9.69 Å². The molecule has 0 aromatic heterocycles. The van der Waals surface area contributed by atoms with Gasteiger partial charge in [-0.15, -0.1) is 0 Å². The van der Waals surface area contributed by atoms with E-state index >= 15 is 0 Å². The van der Waals surface area contributed by atoms with E-state index in [9.17, 15) is 14.7 Å². The minimum Gasteiger partial charge on any atom is -0.491 e. The molecule has 1 aliphatic rings. The Labute approximate surface area is 139 Å². The predicted octanol–water partition coefficient (Wildman–Crippen LogP) is 1.65. The third-order valence-electron chi connectivity index (χ3n) is 3.73. The maximum absolute atomic E-state index is 11.5. The standard InChI is InChI=1S/C18H18N2O4/c21-15(11-20-17(22)10-19-18(20)23)12-24-16-8-6-14(7-9-16)13-4-2-1-3-5-13/h1-9,15,21H,10-12H2,(H,19,23)/t15-/m0/s1. The third kappa shape index (κ3) is 3.72. The molecule has 124 valence electrons. The van der Waals surface area contributed by atoms with E-state index in [0.717, 1.165) is 16.0 Å². The maximum Gasteiger partial charge on any atom is 0.324 e. The van der Waals surface area contributed by atoms with Gasteiger partial charge in [0.15, 0.2) is 0 Å². The molecule has 3 amide bonds. The number of carbonyl (C=O) groups is 2. The monoisotopic (exact) mass is 326 g/mol. The molecule has 0 aliphatic carbocycles. The second-order valence-corrected chi connectivity index (χ2v) is 5.52. The van der Waals surface area contributed by atoms with Gasteiger partial charge in [0.1, 0.15) is 18.5 Å². The Balaban J connectivity index is 1.53. The third-order valence-corrected chi connectivity index (χ3v) is 3.73. The SMILES string of the molecule is O=C1CNC(=O)N1C[C@H](O)COc1ccc(-c2ccccc2)cc1. The van der Waals surface area contributed by atoms with E-state index < -0.39 is 12.1 Å². The highest BCUT2D eigenvalue weighted by Gasteiger charge is 2.30. The number of aliphatic hydroxyl groups is 1. The van der Waals surface area contributed by atoms with Crippen molar-refractivity contribution >= 4 is 11.9 Å². The van der Waals surface area contributed by atoms with Gasteiger partial charge in [-0.1, -0.05) is 42.5 Å². The summed E-state index contributed by atoms with van der Waals surface area (Å²) in [4.78, 5) is 23.9. The van der Waals surface area contributed by atoms with E-state index in [4.69, 9.17) is 4.74 Å². The number of nitrogens with one attached hydrogen (secondary N) is 1. The first kappa shape index (κ1) is 16.0. The van der Waals surface area contributed by atoms with Gasteiger partial charge in [0.05, 0.1) is 13.1 Å². The number of nitrogens with zero attached hydrogens (tertiary/aromatic N) is 1. The van der Waals surface area contributed by atoms with Crippen LogP contribution < -0.4 is 10.1 Å². The predicted molar refractivity (Wildman–Crippen MR) is 88.5 cm³/mol. The second-order valence-electron chi connectivity index (χ2n) is 5.52. The number of amides is 3. The number of β-amino-alcohol motifs (C(OH)–C–C–N with tert-alkyl or cyclic N) is 1. The number of rotatable bonds is 6. The highest BCUT2D eigenvalue weighted by Crippen LogP contribution is 2.22. The van der Waals surface area contributed by atoms with Crippen LogP contribution in [0.1, 0.15) is 0 Å². The van der Waals surface area contributed by atoms with E-state index in [1.165, 1.54) is 0 Å². The molecule has 1 atom stereocenters. The van der Waals surface area contributed by atoms with Crippen molar-refractivity contribution in [3.05, 3.63) is 54.6 Å². The Morgan fingerprint density at radius 1 is 1.04 bits per heavy atom. The molecule has 6 nitrogen and oxygen atoms in total. The van der Waals surface area contributed by atoms with Crippen LogP contribution in [0.15, 0.2) is 54.6 Å². The molecule has 0 bridgehead atoms. The van der Waals surface area contributed by atoms with Gasteiger partial charge in [-0.05, 0) is 23.3 Å². The van der Waals surface area contributed by atoms with Crippen molar-refractivity contribution in [2.24, 2.45) is 0 Å². The number of urea groups is 1. The zero-order chi connectivity index (χ0) is 16.9. The molecule has 2 N–H and O–H groups in total. The topological polar surface area (TPSA) is 78.9 Å². The van der Waals surface area contributed by atoms with E-state index in [0.29, 0.717) is 5.75 Å². The van der Waals surface area contributed by atoms with E-state index in [-0.39, 0.29) is 25.6 Å². The molecule has 24 heavy (non-hydrogen) atoms. The first-order valence-corrected chi connectivity index (χ1v) is 7.68. The summed E-state index contributed by atoms with van der Waals surface area (Å²) in [6.07, 6.45) is -0.938. The number of carbonyl (C=O) groups excluding carboxylic acids is 2. The summed E-state index contributed by atoms with van der Waals surface area (Å²) in [6, 6.07) is 17.0. The molecule has 1 heterocycles. The van der Waals surface area contributed by atoms with Crippen LogP contribution in [0.2, 0.25) is 0 Å². The lowest BCUT2D eigenvalue weighted by atomic mass is 10.1. The highest BCUT2D eigenvalue weighted by molar-refractivity contribution is 6.01. The number of hydrogen-bond acceptors (Lipinski definition) is 4. The van der Waals surface area contributed by atoms with Crippen molar-refractivity contribution in [2.45, 2.75) is 6.10 Å². The molecule has 3 rings (SSSR count). The molecule has 2 aromatic rings. The van der Waals surface area contributed by atoms with Crippen LogP contribution in [-0.4, -0.2) is 47.7 Å². The molecule has 0 unspecified atom stereocenters. The van der Waals surface area contributed by atoms with Gasteiger partial charge in [-0.25, -0.2) is 4.79 Å². The first-order valence-electron chi connectivity index (χ1n) is 7.68. The number of imide groups is 1. The highest BCUT2D eigenvalue weighted by atomic mass is 16.5. The van der Waals surface area contributed by atoms with Crippen molar-refractivity contribution in [2.75, 3.05) is 19.7 Å². The van der Waals surface area contributed by atoms with Crippen LogP contribution in [0.25, 0.3) is 11.1 Å². The first-order chi connectivity index (χ1) is 11.6. The van der Waals surface area contributed by atoms with Gasteiger partial charge < -0.3 is 15.2 Å². The lowest BCUT2D eigenvalue weighted by Gasteiger charge is -2.17. The van der Waals surface area contributed by atoms with E-state index in [2.05, 4.69) is 5.32 Å². The van der Waals surface area contributed by atoms with Crippen LogP contribution in [-0.2, 0) is 4.79 Å². The van der Waals surface area contributed by atoms with Crippen molar-refractivity contribution in [1.82, 2.24) is 10.2 Å². The van der Waals surface area contributed by atoms with Crippen LogP contribution in [0.4, 0.5) is 4.79 Å². The summed E-state index contributed by atoms with van der Waals surface area (Å²) >= 11 is 0. The van der Waals surface area contributed by atoms with Crippen LogP contribution >= 0.6 is 0 Å². The molecule has 1 fully saturated rings. The maximum atomic E-state index is 11.5. The molecule has 0 spiro atoms. The number of hydrogen-bond donors (Lipinski definition) is 2. The fraction of sp³-hybridized carbons (Fsp3) is 0.222. The van der Waals surface area contributed by atoms with Gasteiger partial charge in [0.25, 0.3) is 0 Å². The smallest absolute Gasteiger partial charge is 0.324 e. The Morgan fingerprint density at radius 2 is 1.71 bits per heavy atom. The van der Waals surface area contributed by atoms with Gasteiger partial charge in [-0.2, -0.15) is 0 Å². The molecule has 0 radical (unpaired) electrons. The summed E-state index contributed by atoms with van der Waals surface area (Å²) < 4.78 is 5.52. The Hall–Kier alpha value is -2.86. The average Bonchev–Trinajstić information content (AvgIpc) is 2.93. The molecule has 1 saturated heterocycles. The lowest BCUT2D eigenvalue weighted by Crippen LogP contribution is -2.39. The fourth-order valence-electron chi connectivity index (χ4n) is 2.47. The molecular weight excluding hydrogens is 308 g/mol. The van der Waals surface area contributed by atoms with E-state index in [1.54, 1.807) is 0 Å². The van der Waals surface area contributed by atoms with Crippen molar-refractivity contribution in [1.29, 1.82) is 0 Å². The van der Waals surface area contributed by atoms with Gasteiger partial charge in [0.2, 0.25) is 5.91 Å². The molecule has 6 heteroatoms. The Bertz CT molecular complexity index is 700. The largest absolute Gasteiger partial charge is 0.491 e. The van der Waals surface area contributed by atoms with Gasteiger partial charge in [0, 0.05) is 0 Å². The van der Waals surface area contributed by atoms with Crippen LogP contribution in [0.3, 0.4) is 0 Å². The molecular formula is C18H18N2O4. The van der Waals surface area contributed by atoms with E-state index in [1.807, 2.05) is 54.6 Å². The lowest BCUT2D eigenvalue weighted by molar-refractivity contribution is -0.126. The number of benzene rings is 2. The Morgan fingerprint density at radius 3 is 2.33 bits per heavy atom. The summed E-state index contributed by atoms with van der Waals surface area (Å²) in [5, 5.41) is 12.3. The minimum absolute atomic E-state index is 0.00173. The van der Waals surface area contributed by atoms with Crippen LogP contribution in [0, 0.1) is 0 Å². The van der Waals surface area contributed by atoms with Crippen molar-refractivity contribution < 1.29 is 19.4 Å². The second kappa shape index (κ2) is 7.14. The Kier molecular flexibility index (Phi) is 4.77. The number of aliphatic hydroxyl groups excluding tert-OH is 1. The molecule has 0 saturated carbocycles. The molecule has 2 aromatic carbocycles.